The summed E-state index contributed by atoms with van der Waals surface area (Å²) in [6.45, 7) is 3.31. The maximum Gasteiger partial charge on any atom is 0.340 e. The van der Waals surface area contributed by atoms with E-state index in [1.807, 2.05) is 0 Å². The van der Waals surface area contributed by atoms with E-state index in [4.69, 9.17) is 4.74 Å². The molecule has 0 bridgehead atoms. The van der Waals surface area contributed by atoms with E-state index in [9.17, 15) is 24.8 Å². The van der Waals surface area contributed by atoms with Crippen molar-refractivity contribution in [3.8, 4) is 11.1 Å². The Morgan fingerprint density at radius 1 is 1.32 bits per heavy atom. The monoisotopic (exact) mass is 344 g/mol. The predicted molar refractivity (Wildman–Crippen MR) is 88.7 cm³/mol. The number of benzene rings is 1. The molecule has 1 aromatic carbocycles. The number of hydrogen-bond donors (Lipinski definition) is 1. The first kappa shape index (κ1) is 18.1. The molecule has 1 heterocycles. The zero-order valence-corrected chi connectivity index (χ0v) is 13.9. The zero-order chi connectivity index (χ0) is 18.7. The second-order valence-corrected chi connectivity index (χ2v) is 5.23. The van der Waals surface area contributed by atoms with Gasteiger partial charge in [-0.05, 0) is 18.9 Å². The molecule has 0 amide bonds. The highest BCUT2D eigenvalue weighted by Gasteiger charge is 2.28. The minimum Gasteiger partial charge on any atom is -0.478 e. The summed E-state index contributed by atoms with van der Waals surface area (Å²) in [6, 6.07) is 5.46. The Kier molecular flexibility index (Phi) is 5.11. The van der Waals surface area contributed by atoms with E-state index in [1.54, 1.807) is 13.8 Å². The number of hydrogen-bond acceptors (Lipinski definition) is 6. The van der Waals surface area contributed by atoms with Crippen molar-refractivity contribution in [1.29, 1.82) is 0 Å². The van der Waals surface area contributed by atoms with Crippen molar-refractivity contribution < 1.29 is 24.4 Å². The van der Waals surface area contributed by atoms with Gasteiger partial charge >= 0.3 is 11.9 Å². The second-order valence-electron chi connectivity index (χ2n) is 5.23. The summed E-state index contributed by atoms with van der Waals surface area (Å²) in [4.78, 5) is 38.8. The molecule has 0 fully saturated rings. The summed E-state index contributed by atoms with van der Waals surface area (Å²) in [5.74, 6) is -2.02. The molecule has 0 radical (unpaired) electrons. The van der Waals surface area contributed by atoms with E-state index in [1.165, 1.54) is 31.4 Å². The largest absolute Gasteiger partial charge is 0.478 e. The van der Waals surface area contributed by atoms with E-state index in [2.05, 4.69) is 4.98 Å². The number of carbonyl (C=O) groups excluding carboxylic acids is 1. The number of non-ortho nitro benzene ring substituents is 1. The minimum atomic E-state index is -1.27. The molecule has 0 atom stereocenters. The first-order valence-corrected chi connectivity index (χ1v) is 7.41. The fourth-order valence-corrected chi connectivity index (χ4v) is 2.67. The molecule has 1 aromatic heterocycles. The van der Waals surface area contributed by atoms with Gasteiger partial charge in [0, 0.05) is 17.7 Å². The summed E-state index contributed by atoms with van der Waals surface area (Å²) < 4.78 is 4.76. The van der Waals surface area contributed by atoms with Gasteiger partial charge in [0.1, 0.15) is 0 Å². The molecular formula is C17H16N2O6. The van der Waals surface area contributed by atoms with Crippen molar-refractivity contribution in [2.45, 2.75) is 20.3 Å². The first-order chi connectivity index (χ1) is 11.8. The molecule has 0 spiro atoms. The third-order valence-corrected chi connectivity index (χ3v) is 3.74. The Hall–Kier alpha value is -3.29. The van der Waals surface area contributed by atoms with Crippen LogP contribution in [0, 0.1) is 17.0 Å². The molecule has 0 aliphatic rings. The van der Waals surface area contributed by atoms with Crippen molar-refractivity contribution >= 4 is 17.6 Å². The predicted octanol–water partition coefficient (Wildman–Crippen LogP) is 3.01. The average molecular weight is 344 g/mol. The zero-order valence-electron chi connectivity index (χ0n) is 13.9. The fraction of sp³-hybridized carbons (Fsp3) is 0.235. The number of carboxylic acids is 1. The van der Waals surface area contributed by atoms with E-state index in [0.29, 0.717) is 17.8 Å². The van der Waals surface area contributed by atoms with Gasteiger partial charge in [0.2, 0.25) is 0 Å². The van der Waals surface area contributed by atoms with Crippen molar-refractivity contribution in [3.63, 3.8) is 0 Å². The number of ether oxygens (including phenoxy) is 1. The van der Waals surface area contributed by atoms with Crippen molar-refractivity contribution in [3.05, 3.63) is 56.9 Å². The molecule has 0 aliphatic heterocycles. The van der Waals surface area contributed by atoms with Gasteiger partial charge in [-0.1, -0.05) is 19.1 Å². The lowest BCUT2D eigenvalue weighted by atomic mass is 9.91. The van der Waals surface area contributed by atoms with Crippen LogP contribution in [0.15, 0.2) is 24.3 Å². The SMILES string of the molecule is CCc1nc(C)c(C(=O)OC)c(-c2cccc([N+](=O)[O-])c2)c1C(=O)O. The maximum absolute atomic E-state index is 12.2. The standard InChI is InChI=1S/C17H16N2O6/c1-4-12-15(16(20)21)14(13(9(2)18-12)17(22)25-3)10-6-5-7-11(8-10)19(23)24/h5-8H,4H2,1-3H3,(H,20,21). The number of pyridine rings is 1. The molecule has 2 aromatic rings. The third-order valence-electron chi connectivity index (χ3n) is 3.74. The number of nitro benzene ring substituents is 1. The Labute approximate surface area is 143 Å². The molecule has 130 valence electrons. The van der Waals surface area contributed by atoms with Gasteiger partial charge in [0.25, 0.3) is 5.69 Å². The van der Waals surface area contributed by atoms with Gasteiger partial charge in [-0.25, -0.2) is 9.59 Å². The van der Waals surface area contributed by atoms with Crippen LogP contribution < -0.4 is 0 Å². The first-order valence-electron chi connectivity index (χ1n) is 7.41. The number of rotatable bonds is 5. The van der Waals surface area contributed by atoms with Crippen LogP contribution in [0.5, 0.6) is 0 Å². The second kappa shape index (κ2) is 7.08. The lowest BCUT2D eigenvalue weighted by molar-refractivity contribution is -0.384. The molecule has 8 heteroatoms. The highest BCUT2D eigenvalue weighted by atomic mass is 16.6. The van der Waals surface area contributed by atoms with Crippen LogP contribution in [0.4, 0.5) is 5.69 Å². The van der Waals surface area contributed by atoms with Crippen LogP contribution >= 0.6 is 0 Å². The average Bonchev–Trinajstić information content (AvgIpc) is 2.59. The van der Waals surface area contributed by atoms with Gasteiger partial charge < -0.3 is 9.84 Å². The number of methoxy groups -OCH3 is 1. The maximum atomic E-state index is 12.2. The number of nitrogens with zero attached hydrogens (tertiary/aromatic N) is 2. The number of carbonyl (C=O) groups is 2. The molecule has 0 aliphatic carbocycles. The van der Waals surface area contributed by atoms with E-state index >= 15 is 0 Å². The molecule has 1 N–H and O–H groups in total. The van der Waals surface area contributed by atoms with E-state index < -0.39 is 16.9 Å². The van der Waals surface area contributed by atoms with Crippen LogP contribution in [-0.4, -0.2) is 34.1 Å². The number of esters is 1. The van der Waals surface area contributed by atoms with Crippen molar-refractivity contribution in [2.75, 3.05) is 7.11 Å². The van der Waals surface area contributed by atoms with Crippen LogP contribution in [-0.2, 0) is 11.2 Å². The molecular weight excluding hydrogens is 328 g/mol. The van der Waals surface area contributed by atoms with Gasteiger partial charge in [0.05, 0.1) is 34.5 Å². The Bertz CT molecular complexity index is 876. The van der Waals surface area contributed by atoms with Crippen LogP contribution in [0.1, 0.15) is 39.0 Å². The lowest BCUT2D eigenvalue weighted by Crippen LogP contribution is -2.16. The van der Waals surface area contributed by atoms with Crippen LogP contribution in [0.2, 0.25) is 0 Å². The topological polar surface area (TPSA) is 120 Å². The third kappa shape index (κ3) is 3.32. The molecule has 0 saturated carbocycles. The fourth-order valence-electron chi connectivity index (χ4n) is 2.67. The van der Waals surface area contributed by atoms with E-state index in [0.717, 1.165) is 0 Å². The summed E-state index contributed by atoms with van der Waals surface area (Å²) in [7, 11) is 1.17. The van der Waals surface area contributed by atoms with Gasteiger partial charge in [-0.2, -0.15) is 0 Å². The van der Waals surface area contributed by atoms with Crippen LogP contribution in [0.25, 0.3) is 11.1 Å². The van der Waals surface area contributed by atoms with Gasteiger partial charge in [-0.3, -0.25) is 15.1 Å². The lowest BCUT2D eigenvalue weighted by Gasteiger charge is -2.16. The van der Waals surface area contributed by atoms with Crippen molar-refractivity contribution in [2.24, 2.45) is 0 Å². The Balaban J connectivity index is 2.96. The molecule has 25 heavy (non-hydrogen) atoms. The summed E-state index contributed by atoms with van der Waals surface area (Å²) >= 11 is 0. The van der Waals surface area contributed by atoms with Crippen molar-refractivity contribution in [1.82, 2.24) is 4.98 Å². The van der Waals surface area contributed by atoms with Crippen LogP contribution in [0.3, 0.4) is 0 Å². The van der Waals surface area contributed by atoms with Gasteiger partial charge in [0.15, 0.2) is 0 Å². The number of aromatic nitrogens is 1. The summed E-state index contributed by atoms with van der Waals surface area (Å²) in [6.07, 6.45) is 0.325. The highest BCUT2D eigenvalue weighted by molar-refractivity contribution is 6.06. The number of nitro groups is 1. The molecule has 8 nitrogen and oxygen atoms in total. The Morgan fingerprint density at radius 3 is 2.52 bits per heavy atom. The number of carboxylic acid groups (broad SMARTS) is 1. The summed E-state index contributed by atoms with van der Waals surface area (Å²) in [5, 5.41) is 20.7. The molecule has 0 unspecified atom stereocenters. The van der Waals surface area contributed by atoms with Gasteiger partial charge in [-0.15, -0.1) is 0 Å². The number of aromatic carboxylic acids is 1. The number of aryl methyl sites for hydroxylation is 2. The Morgan fingerprint density at radius 2 is 2.00 bits per heavy atom. The minimum absolute atomic E-state index is 0.0161. The van der Waals surface area contributed by atoms with E-state index in [-0.39, 0.29) is 27.9 Å². The highest BCUT2D eigenvalue weighted by Crippen LogP contribution is 2.34. The molecule has 0 saturated heterocycles. The smallest absolute Gasteiger partial charge is 0.340 e. The molecule has 2 rings (SSSR count). The quantitative estimate of drug-likeness (QED) is 0.503. The normalized spacial score (nSPS) is 10.4. The summed E-state index contributed by atoms with van der Waals surface area (Å²) in [5.41, 5.74) is 0.526.